The summed E-state index contributed by atoms with van der Waals surface area (Å²) in [6.45, 7) is 0. The molecule has 0 atom stereocenters. The molecule has 0 aromatic heterocycles. The lowest BCUT2D eigenvalue weighted by Gasteiger charge is -2.11. The van der Waals surface area contributed by atoms with Gasteiger partial charge in [-0.2, -0.15) is 0 Å². The Morgan fingerprint density at radius 1 is 1.35 bits per heavy atom. The van der Waals surface area contributed by atoms with Gasteiger partial charge in [0.2, 0.25) is 0 Å². The molecule has 7 heteroatoms. The molecule has 0 fully saturated rings. The summed E-state index contributed by atoms with van der Waals surface area (Å²) in [5.74, 6) is -0.875. The molecule has 0 heterocycles. The number of benzene rings is 1. The highest BCUT2D eigenvalue weighted by molar-refractivity contribution is 6.32. The van der Waals surface area contributed by atoms with E-state index in [1.165, 1.54) is 12.1 Å². The van der Waals surface area contributed by atoms with E-state index in [0.717, 1.165) is 6.07 Å². The molecule has 1 aromatic rings. The Balaban J connectivity index is 2.98. The fraction of sp³-hybridized carbons (Fsp3) is 0.300. The maximum atomic E-state index is 12.0. The Bertz CT molecular complexity index is 419. The minimum absolute atomic E-state index is 0.0364. The van der Waals surface area contributed by atoms with Crippen molar-refractivity contribution in [3.8, 4) is 5.75 Å². The lowest BCUT2D eigenvalue weighted by atomic mass is 10.1. The monoisotopic (exact) mass is 286 g/mol. The van der Waals surface area contributed by atoms with Crippen molar-refractivity contribution in [2.75, 3.05) is 5.88 Å². The van der Waals surface area contributed by atoms with Gasteiger partial charge < -0.3 is 4.74 Å². The average Bonchev–Trinajstić information content (AvgIpc) is 2.19. The molecule has 2 nitrogen and oxygen atoms in total. The fourth-order valence-corrected chi connectivity index (χ4v) is 1.44. The predicted octanol–water partition coefficient (Wildman–Crippen LogP) is 4.05. The molecule has 94 valence electrons. The van der Waals surface area contributed by atoms with Crippen LogP contribution in [-0.2, 0) is 0 Å². The van der Waals surface area contributed by atoms with E-state index in [1.807, 2.05) is 0 Å². The molecule has 0 bridgehead atoms. The molecule has 0 spiro atoms. The van der Waals surface area contributed by atoms with Crippen LogP contribution in [0.4, 0.5) is 13.2 Å². The Kier molecular flexibility index (Phi) is 4.65. The van der Waals surface area contributed by atoms with E-state index >= 15 is 0 Å². The maximum absolute atomic E-state index is 12.0. The van der Waals surface area contributed by atoms with Crippen molar-refractivity contribution in [3.05, 3.63) is 28.8 Å². The van der Waals surface area contributed by atoms with Crippen molar-refractivity contribution in [1.82, 2.24) is 0 Å². The molecule has 1 rings (SSSR count). The molecule has 0 amide bonds. The van der Waals surface area contributed by atoms with Crippen LogP contribution in [0.1, 0.15) is 16.8 Å². The first-order chi connectivity index (χ1) is 7.83. The second-order valence-electron chi connectivity index (χ2n) is 3.06. The molecule has 17 heavy (non-hydrogen) atoms. The lowest BCUT2D eigenvalue weighted by molar-refractivity contribution is -0.274. The minimum Gasteiger partial charge on any atom is -0.404 e. The summed E-state index contributed by atoms with van der Waals surface area (Å²) in [6.07, 6.45) is -4.81. The smallest absolute Gasteiger partial charge is 0.404 e. The van der Waals surface area contributed by atoms with E-state index in [4.69, 9.17) is 23.2 Å². The van der Waals surface area contributed by atoms with Crippen molar-refractivity contribution in [3.63, 3.8) is 0 Å². The topological polar surface area (TPSA) is 26.3 Å². The number of Topliss-reactive ketones (excluding diaryl/α,β-unsaturated/α-hetero) is 1. The lowest BCUT2D eigenvalue weighted by Crippen LogP contribution is -2.17. The molecular formula is C10H7Cl2F3O2. The minimum atomic E-state index is -4.85. The third kappa shape index (κ3) is 4.44. The summed E-state index contributed by atoms with van der Waals surface area (Å²) in [7, 11) is 0. The molecule has 0 saturated heterocycles. The van der Waals surface area contributed by atoms with Gasteiger partial charge in [-0.25, -0.2) is 0 Å². The summed E-state index contributed by atoms with van der Waals surface area (Å²) >= 11 is 10.9. The van der Waals surface area contributed by atoms with E-state index in [-0.39, 0.29) is 28.7 Å². The van der Waals surface area contributed by atoms with Gasteiger partial charge in [0, 0.05) is 17.9 Å². The largest absolute Gasteiger partial charge is 0.573 e. The van der Waals surface area contributed by atoms with Crippen molar-refractivity contribution >= 4 is 29.0 Å². The first kappa shape index (κ1) is 14.1. The number of carbonyl (C=O) groups excluding carboxylic acids is 1. The molecule has 0 aliphatic rings. The highest BCUT2D eigenvalue weighted by atomic mass is 35.5. The molecule has 0 radical (unpaired) electrons. The SMILES string of the molecule is O=C(CCCl)c1ccc(Cl)c(OC(F)(F)F)c1. The molecule has 0 unspecified atom stereocenters. The van der Waals surface area contributed by atoms with Crippen molar-refractivity contribution in [2.24, 2.45) is 0 Å². The number of alkyl halides is 4. The standard InChI is InChI=1S/C10H7Cl2F3O2/c11-4-3-8(16)6-1-2-7(12)9(5-6)17-10(13,14)15/h1-2,5H,3-4H2. The first-order valence-electron chi connectivity index (χ1n) is 4.48. The van der Waals surface area contributed by atoms with Gasteiger partial charge in [-0.3, -0.25) is 4.79 Å². The normalized spacial score (nSPS) is 11.4. The zero-order valence-corrected chi connectivity index (χ0v) is 9.86. The number of hydrogen-bond acceptors (Lipinski definition) is 2. The third-order valence-electron chi connectivity index (χ3n) is 1.80. The highest BCUT2D eigenvalue weighted by Crippen LogP contribution is 2.31. The predicted molar refractivity (Wildman–Crippen MR) is 57.8 cm³/mol. The Morgan fingerprint density at radius 3 is 2.53 bits per heavy atom. The van der Waals surface area contributed by atoms with Gasteiger partial charge in [0.05, 0.1) is 5.02 Å². The number of ether oxygens (including phenoxy) is 1. The van der Waals surface area contributed by atoms with Crippen LogP contribution < -0.4 is 4.74 Å². The summed E-state index contributed by atoms with van der Waals surface area (Å²) in [5.41, 5.74) is 0.0781. The van der Waals surface area contributed by atoms with Gasteiger partial charge in [0.1, 0.15) is 5.75 Å². The summed E-state index contributed by atoms with van der Waals surface area (Å²) in [6, 6.07) is 3.44. The Morgan fingerprint density at radius 2 is 2.00 bits per heavy atom. The number of hydrogen-bond donors (Lipinski definition) is 0. The Labute approximate surface area is 105 Å². The number of rotatable bonds is 4. The summed E-state index contributed by atoms with van der Waals surface area (Å²) < 4.78 is 39.7. The number of carbonyl (C=O) groups is 1. The van der Waals surface area contributed by atoms with Gasteiger partial charge in [-0.05, 0) is 18.2 Å². The number of ketones is 1. The van der Waals surface area contributed by atoms with Gasteiger partial charge in [-0.15, -0.1) is 24.8 Å². The molecule has 0 saturated carbocycles. The molecule has 1 aromatic carbocycles. The second kappa shape index (κ2) is 5.60. The maximum Gasteiger partial charge on any atom is 0.573 e. The van der Waals surface area contributed by atoms with Gasteiger partial charge in [0.15, 0.2) is 5.78 Å². The van der Waals surface area contributed by atoms with E-state index in [1.54, 1.807) is 0 Å². The van der Waals surface area contributed by atoms with E-state index in [2.05, 4.69) is 4.74 Å². The van der Waals surface area contributed by atoms with Crippen LogP contribution >= 0.6 is 23.2 Å². The van der Waals surface area contributed by atoms with Crippen LogP contribution in [0.25, 0.3) is 0 Å². The van der Waals surface area contributed by atoms with E-state index in [0.29, 0.717) is 0 Å². The van der Waals surface area contributed by atoms with Crippen molar-refractivity contribution in [1.29, 1.82) is 0 Å². The van der Waals surface area contributed by atoms with Crippen LogP contribution in [0.3, 0.4) is 0 Å². The summed E-state index contributed by atoms with van der Waals surface area (Å²) in [4.78, 5) is 11.4. The summed E-state index contributed by atoms with van der Waals surface area (Å²) in [5, 5.41) is -0.218. The van der Waals surface area contributed by atoms with Crippen LogP contribution in [0, 0.1) is 0 Å². The second-order valence-corrected chi connectivity index (χ2v) is 3.84. The molecule has 0 aliphatic carbocycles. The van der Waals surface area contributed by atoms with Crippen LogP contribution in [0.15, 0.2) is 18.2 Å². The molecule has 0 aliphatic heterocycles. The zero-order chi connectivity index (χ0) is 13.1. The van der Waals surface area contributed by atoms with Crippen LogP contribution in [0.5, 0.6) is 5.75 Å². The van der Waals surface area contributed by atoms with Gasteiger partial charge >= 0.3 is 6.36 Å². The van der Waals surface area contributed by atoms with E-state index < -0.39 is 12.1 Å². The zero-order valence-electron chi connectivity index (χ0n) is 8.35. The quantitative estimate of drug-likeness (QED) is 0.617. The fourth-order valence-electron chi connectivity index (χ4n) is 1.11. The van der Waals surface area contributed by atoms with E-state index in [9.17, 15) is 18.0 Å². The van der Waals surface area contributed by atoms with Gasteiger partial charge in [-0.1, -0.05) is 11.6 Å². The van der Waals surface area contributed by atoms with Crippen molar-refractivity contribution in [2.45, 2.75) is 12.8 Å². The molecular weight excluding hydrogens is 280 g/mol. The third-order valence-corrected chi connectivity index (χ3v) is 2.30. The highest BCUT2D eigenvalue weighted by Gasteiger charge is 2.32. The Hall–Kier alpha value is -0.940. The van der Waals surface area contributed by atoms with Crippen LogP contribution in [0.2, 0.25) is 5.02 Å². The number of halogens is 5. The van der Waals surface area contributed by atoms with Gasteiger partial charge in [0.25, 0.3) is 0 Å². The first-order valence-corrected chi connectivity index (χ1v) is 5.39. The van der Waals surface area contributed by atoms with Crippen LogP contribution in [-0.4, -0.2) is 18.0 Å². The van der Waals surface area contributed by atoms with Crippen molar-refractivity contribution < 1.29 is 22.7 Å². The average molecular weight is 287 g/mol. The molecule has 0 N–H and O–H groups in total.